The Morgan fingerprint density at radius 2 is 1.54 bits per heavy atom. The van der Waals surface area contributed by atoms with Gasteiger partial charge in [0.15, 0.2) is 0 Å². The number of ether oxygens (including phenoxy) is 1. The Labute approximate surface area is 163 Å². The normalized spacial score (nSPS) is 10.4. The van der Waals surface area contributed by atoms with Gasteiger partial charge in [-0.15, -0.1) is 0 Å². The summed E-state index contributed by atoms with van der Waals surface area (Å²) in [6.07, 6.45) is 0.490. The van der Waals surface area contributed by atoms with E-state index in [0.717, 1.165) is 5.56 Å². The predicted octanol–water partition coefficient (Wildman–Crippen LogP) is 2.50. The Morgan fingerprint density at radius 3 is 2.07 bits per heavy atom. The lowest BCUT2D eigenvalue weighted by atomic mass is 10.1. The van der Waals surface area contributed by atoms with Gasteiger partial charge in [0.2, 0.25) is 0 Å². The Hall–Kier alpha value is -3.35. The van der Waals surface area contributed by atoms with Crippen molar-refractivity contribution in [1.82, 2.24) is 10.6 Å². The van der Waals surface area contributed by atoms with Crippen molar-refractivity contribution in [3.05, 3.63) is 64.7 Å². The Balaban J connectivity index is 1.94. The van der Waals surface area contributed by atoms with E-state index < -0.39 is 5.97 Å². The second-order valence-electron chi connectivity index (χ2n) is 6.54. The van der Waals surface area contributed by atoms with Crippen LogP contribution in [0, 0.1) is 0 Å². The number of methoxy groups -OCH3 is 1. The van der Waals surface area contributed by atoms with Crippen LogP contribution >= 0.6 is 0 Å². The molecule has 0 spiro atoms. The monoisotopic (exact) mass is 384 g/mol. The third kappa shape index (κ3) is 5.57. The van der Waals surface area contributed by atoms with Crippen molar-refractivity contribution >= 4 is 17.8 Å². The number of aromatic carboxylic acids is 1. The zero-order valence-electron chi connectivity index (χ0n) is 16.1. The zero-order chi connectivity index (χ0) is 20.7. The van der Waals surface area contributed by atoms with Crippen LogP contribution in [-0.4, -0.2) is 42.6 Å². The first-order valence-electron chi connectivity index (χ1n) is 8.91. The van der Waals surface area contributed by atoms with Crippen molar-refractivity contribution in [2.75, 3.05) is 13.7 Å². The van der Waals surface area contributed by atoms with Crippen LogP contribution in [0.15, 0.2) is 42.5 Å². The van der Waals surface area contributed by atoms with E-state index in [2.05, 4.69) is 10.6 Å². The molecule has 0 saturated carbocycles. The SMILES string of the molecule is COc1cc(C(=O)O)ccc1CCNC(=O)c1ccc(C(=O)NC(C)C)cc1. The fourth-order valence-corrected chi connectivity index (χ4v) is 2.62. The molecule has 0 unspecified atom stereocenters. The molecule has 148 valence electrons. The van der Waals surface area contributed by atoms with E-state index >= 15 is 0 Å². The molecule has 0 bridgehead atoms. The molecule has 2 amide bonds. The number of benzene rings is 2. The summed E-state index contributed by atoms with van der Waals surface area (Å²) in [5.41, 5.74) is 1.89. The van der Waals surface area contributed by atoms with Crippen molar-refractivity contribution in [3.8, 4) is 5.75 Å². The highest BCUT2D eigenvalue weighted by Crippen LogP contribution is 2.20. The van der Waals surface area contributed by atoms with Gasteiger partial charge in [-0.2, -0.15) is 0 Å². The lowest BCUT2D eigenvalue weighted by molar-refractivity contribution is 0.0696. The van der Waals surface area contributed by atoms with Crippen LogP contribution in [0.25, 0.3) is 0 Å². The molecular formula is C21H24N2O5. The van der Waals surface area contributed by atoms with Crippen molar-refractivity contribution in [2.45, 2.75) is 26.3 Å². The summed E-state index contributed by atoms with van der Waals surface area (Å²) in [5.74, 6) is -0.992. The van der Waals surface area contributed by atoms with E-state index in [4.69, 9.17) is 9.84 Å². The van der Waals surface area contributed by atoms with Crippen molar-refractivity contribution in [2.24, 2.45) is 0 Å². The predicted molar refractivity (Wildman–Crippen MR) is 105 cm³/mol. The third-order valence-electron chi connectivity index (χ3n) is 4.04. The molecule has 0 heterocycles. The number of amides is 2. The molecule has 28 heavy (non-hydrogen) atoms. The summed E-state index contributed by atoms with van der Waals surface area (Å²) in [6, 6.07) is 11.1. The highest BCUT2D eigenvalue weighted by atomic mass is 16.5. The molecule has 0 radical (unpaired) electrons. The molecule has 0 saturated heterocycles. The number of hydrogen-bond acceptors (Lipinski definition) is 4. The summed E-state index contributed by atoms with van der Waals surface area (Å²) in [7, 11) is 1.47. The largest absolute Gasteiger partial charge is 0.496 e. The lowest BCUT2D eigenvalue weighted by Gasteiger charge is -2.11. The summed E-state index contributed by atoms with van der Waals surface area (Å²) >= 11 is 0. The molecule has 0 fully saturated rings. The summed E-state index contributed by atoms with van der Waals surface area (Å²) < 4.78 is 5.23. The minimum Gasteiger partial charge on any atom is -0.496 e. The topological polar surface area (TPSA) is 105 Å². The quantitative estimate of drug-likeness (QED) is 0.649. The smallest absolute Gasteiger partial charge is 0.335 e. The van der Waals surface area contributed by atoms with Crippen molar-refractivity contribution < 1.29 is 24.2 Å². The molecule has 3 N–H and O–H groups in total. The average Bonchev–Trinajstić information content (AvgIpc) is 2.67. The van der Waals surface area contributed by atoms with Crippen LogP contribution in [0.2, 0.25) is 0 Å². The van der Waals surface area contributed by atoms with Gasteiger partial charge in [-0.1, -0.05) is 6.07 Å². The minimum absolute atomic E-state index is 0.0389. The molecule has 0 aliphatic carbocycles. The maximum Gasteiger partial charge on any atom is 0.335 e. The van der Waals surface area contributed by atoms with E-state index in [1.54, 1.807) is 30.3 Å². The number of hydrogen-bond donors (Lipinski definition) is 3. The Bertz CT molecular complexity index is 860. The first-order valence-corrected chi connectivity index (χ1v) is 8.91. The Kier molecular flexibility index (Phi) is 7.14. The van der Waals surface area contributed by atoms with Gasteiger partial charge in [0.1, 0.15) is 5.75 Å². The maximum atomic E-state index is 12.3. The number of carbonyl (C=O) groups is 3. The van der Waals surface area contributed by atoms with E-state index in [-0.39, 0.29) is 23.4 Å². The number of nitrogens with one attached hydrogen (secondary N) is 2. The number of carbonyl (C=O) groups excluding carboxylic acids is 2. The molecule has 0 aromatic heterocycles. The minimum atomic E-state index is -1.02. The van der Waals surface area contributed by atoms with Gasteiger partial charge in [-0.25, -0.2) is 4.79 Å². The van der Waals surface area contributed by atoms with E-state index in [1.807, 2.05) is 13.8 Å². The van der Waals surface area contributed by atoms with Gasteiger partial charge >= 0.3 is 5.97 Å². The second kappa shape index (κ2) is 9.55. The molecule has 0 aliphatic rings. The van der Waals surface area contributed by atoms with Crippen LogP contribution < -0.4 is 15.4 Å². The van der Waals surface area contributed by atoms with Crippen LogP contribution in [0.5, 0.6) is 5.75 Å². The van der Waals surface area contributed by atoms with Gasteiger partial charge in [0, 0.05) is 23.7 Å². The molecule has 7 nitrogen and oxygen atoms in total. The molecule has 2 aromatic carbocycles. The van der Waals surface area contributed by atoms with Crippen LogP contribution in [0.3, 0.4) is 0 Å². The molecule has 0 atom stereocenters. The number of rotatable bonds is 8. The van der Waals surface area contributed by atoms with Crippen molar-refractivity contribution in [3.63, 3.8) is 0 Å². The van der Waals surface area contributed by atoms with E-state index in [9.17, 15) is 14.4 Å². The first-order chi connectivity index (χ1) is 13.3. The zero-order valence-corrected chi connectivity index (χ0v) is 16.1. The average molecular weight is 384 g/mol. The maximum absolute atomic E-state index is 12.3. The third-order valence-corrected chi connectivity index (χ3v) is 4.04. The standard InChI is InChI=1S/C21H24N2O5/c1-13(2)23-20(25)16-7-5-15(6-8-16)19(24)22-11-10-14-4-9-17(21(26)27)12-18(14)28-3/h4-9,12-13H,10-11H2,1-3H3,(H,22,24)(H,23,25)(H,26,27). The number of carboxylic acid groups (broad SMARTS) is 1. The van der Waals surface area contributed by atoms with Crippen LogP contribution in [0.1, 0.15) is 50.5 Å². The Morgan fingerprint density at radius 1 is 0.964 bits per heavy atom. The van der Waals surface area contributed by atoms with Crippen LogP contribution in [0.4, 0.5) is 0 Å². The molecular weight excluding hydrogens is 360 g/mol. The summed E-state index contributed by atoms with van der Waals surface area (Å²) in [4.78, 5) is 35.2. The summed E-state index contributed by atoms with van der Waals surface area (Å²) in [5, 5.41) is 14.6. The van der Waals surface area contributed by atoms with Crippen LogP contribution in [-0.2, 0) is 6.42 Å². The number of carboxylic acids is 1. The van der Waals surface area contributed by atoms with Gasteiger partial charge in [-0.05, 0) is 62.2 Å². The molecule has 2 rings (SSSR count). The molecule has 0 aliphatic heterocycles. The van der Waals surface area contributed by atoms with E-state index in [1.165, 1.54) is 19.2 Å². The molecule has 7 heteroatoms. The van der Waals surface area contributed by atoms with Gasteiger partial charge in [0.25, 0.3) is 11.8 Å². The fraction of sp³-hybridized carbons (Fsp3) is 0.286. The van der Waals surface area contributed by atoms with Gasteiger partial charge in [-0.3, -0.25) is 9.59 Å². The second-order valence-corrected chi connectivity index (χ2v) is 6.54. The lowest BCUT2D eigenvalue weighted by Crippen LogP contribution is -2.30. The van der Waals surface area contributed by atoms with E-state index in [0.29, 0.717) is 29.8 Å². The highest BCUT2D eigenvalue weighted by molar-refractivity contribution is 5.97. The highest BCUT2D eigenvalue weighted by Gasteiger charge is 2.11. The van der Waals surface area contributed by atoms with Gasteiger partial charge < -0.3 is 20.5 Å². The summed E-state index contributed by atoms with van der Waals surface area (Å²) in [6.45, 7) is 4.12. The van der Waals surface area contributed by atoms with Gasteiger partial charge in [0.05, 0.1) is 12.7 Å². The fourth-order valence-electron chi connectivity index (χ4n) is 2.62. The molecule has 2 aromatic rings. The van der Waals surface area contributed by atoms with Crippen molar-refractivity contribution in [1.29, 1.82) is 0 Å². The first kappa shape index (κ1) is 21.0.